The number of furan rings is 1. The van der Waals surface area contributed by atoms with E-state index in [4.69, 9.17) is 4.42 Å². The highest BCUT2D eigenvalue weighted by Crippen LogP contribution is 2.50. The summed E-state index contributed by atoms with van der Waals surface area (Å²) in [7, 11) is 0. The van der Waals surface area contributed by atoms with Crippen molar-refractivity contribution < 1.29 is 4.42 Å². The minimum absolute atomic E-state index is 0.893. The molecule has 0 atom stereocenters. The third kappa shape index (κ3) is 4.09. The van der Waals surface area contributed by atoms with Crippen molar-refractivity contribution in [2.45, 2.75) is 0 Å². The van der Waals surface area contributed by atoms with Crippen LogP contribution in [0, 0.1) is 0 Å². The Bertz CT molecular complexity index is 3060. The standard InChI is InChI=1S/C48H31N3O/c1-5-17-32(18-6-1)49(33-19-7-2-8-20-33)43-31-39-36-29-30-42-44(37-25-13-15-27-40(37)50(42)34-21-9-3-10-22-34)47(36)52-48(39)45-38-26-14-16-28-41(38)51(46(43)45)35-23-11-4-12-24-35/h1-31H. The highest BCUT2D eigenvalue weighted by Gasteiger charge is 2.27. The number of fused-ring (bicyclic) bond motifs is 11. The van der Waals surface area contributed by atoms with E-state index in [1.165, 1.54) is 5.39 Å². The lowest BCUT2D eigenvalue weighted by Crippen LogP contribution is -2.11. The summed E-state index contributed by atoms with van der Waals surface area (Å²) in [5.41, 5.74) is 11.8. The van der Waals surface area contributed by atoms with Crippen LogP contribution >= 0.6 is 0 Å². The van der Waals surface area contributed by atoms with Crippen molar-refractivity contribution in [2.75, 3.05) is 4.90 Å². The first-order valence-corrected chi connectivity index (χ1v) is 17.7. The Balaban J connectivity index is 1.36. The molecule has 4 heteroatoms. The van der Waals surface area contributed by atoms with E-state index >= 15 is 0 Å². The zero-order chi connectivity index (χ0) is 34.2. The zero-order valence-corrected chi connectivity index (χ0v) is 28.1. The fourth-order valence-electron chi connectivity index (χ4n) is 8.32. The van der Waals surface area contributed by atoms with Gasteiger partial charge in [0.1, 0.15) is 11.2 Å². The highest BCUT2D eigenvalue weighted by atomic mass is 16.3. The second-order valence-corrected chi connectivity index (χ2v) is 13.3. The van der Waals surface area contributed by atoms with E-state index in [1.807, 2.05) is 0 Å². The van der Waals surface area contributed by atoms with Crippen LogP contribution in [0.15, 0.2) is 192 Å². The molecule has 0 saturated heterocycles. The van der Waals surface area contributed by atoms with Gasteiger partial charge in [0.2, 0.25) is 0 Å². The fourth-order valence-corrected chi connectivity index (χ4v) is 8.32. The van der Waals surface area contributed by atoms with E-state index in [0.29, 0.717) is 0 Å². The van der Waals surface area contributed by atoms with Gasteiger partial charge in [-0.1, -0.05) is 109 Å². The quantitative estimate of drug-likeness (QED) is 0.183. The van der Waals surface area contributed by atoms with Crippen LogP contribution in [-0.2, 0) is 0 Å². The molecule has 0 unspecified atom stereocenters. The maximum atomic E-state index is 7.29. The van der Waals surface area contributed by atoms with E-state index in [0.717, 1.165) is 88.6 Å². The van der Waals surface area contributed by atoms with Crippen LogP contribution in [0.1, 0.15) is 0 Å². The molecule has 0 radical (unpaired) electrons. The highest BCUT2D eigenvalue weighted by molar-refractivity contribution is 6.31. The number of rotatable bonds is 5. The van der Waals surface area contributed by atoms with E-state index in [-0.39, 0.29) is 0 Å². The van der Waals surface area contributed by atoms with Crippen LogP contribution in [0.4, 0.5) is 17.1 Å². The molecule has 0 aliphatic heterocycles. The van der Waals surface area contributed by atoms with Crippen LogP contribution in [-0.4, -0.2) is 9.13 Å². The molecule has 0 saturated carbocycles. The molecule has 3 heterocycles. The maximum Gasteiger partial charge on any atom is 0.145 e. The van der Waals surface area contributed by atoms with E-state index in [1.54, 1.807) is 0 Å². The summed E-state index contributed by atoms with van der Waals surface area (Å²) < 4.78 is 12.1. The summed E-state index contributed by atoms with van der Waals surface area (Å²) in [5, 5.41) is 6.72. The number of anilines is 3. The molecule has 0 amide bonds. The molecule has 4 nitrogen and oxygen atoms in total. The van der Waals surface area contributed by atoms with Crippen LogP contribution in [0.25, 0.3) is 76.9 Å². The molecule has 11 aromatic rings. The SMILES string of the molecule is c1ccc(N(c2ccccc2)c2cc3c4ccc5c(c6ccccc6n5-c5ccccc5)c4oc3c3c4ccccc4n(-c4ccccc4)c23)cc1. The van der Waals surface area contributed by atoms with Gasteiger partial charge in [0.25, 0.3) is 0 Å². The molecular weight excluding hydrogens is 635 g/mol. The molecule has 0 fully saturated rings. The first kappa shape index (κ1) is 28.8. The molecule has 3 aromatic heterocycles. The average molecular weight is 666 g/mol. The van der Waals surface area contributed by atoms with Crippen LogP contribution in [0.2, 0.25) is 0 Å². The molecule has 244 valence electrons. The summed E-state index contributed by atoms with van der Waals surface area (Å²) in [6.07, 6.45) is 0. The second kappa shape index (κ2) is 11.2. The first-order chi connectivity index (χ1) is 25.8. The molecular formula is C48H31N3O. The lowest BCUT2D eigenvalue weighted by atomic mass is 10.0. The molecule has 52 heavy (non-hydrogen) atoms. The first-order valence-electron chi connectivity index (χ1n) is 17.7. The zero-order valence-electron chi connectivity index (χ0n) is 28.1. The largest absolute Gasteiger partial charge is 0.455 e. The summed E-state index contributed by atoms with van der Waals surface area (Å²) in [6, 6.07) is 66.9. The average Bonchev–Trinajstić information content (AvgIpc) is 3.87. The van der Waals surface area contributed by atoms with Crippen molar-refractivity contribution >= 4 is 82.6 Å². The van der Waals surface area contributed by atoms with Gasteiger partial charge in [-0.25, -0.2) is 0 Å². The summed E-state index contributed by atoms with van der Waals surface area (Å²) in [5.74, 6) is 0. The van der Waals surface area contributed by atoms with Gasteiger partial charge in [-0.2, -0.15) is 0 Å². The van der Waals surface area contributed by atoms with E-state index in [9.17, 15) is 0 Å². The normalized spacial score (nSPS) is 11.8. The smallest absolute Gasteiger partial charge is 0.145 e. The predicted molar refractivity (Wildman–Crippen MR) is 217 cm³/mol. The maximum absolute atomic E-state index is 7.29. The molecule has 11 rings (SSSR count). The van der Waals surface area contributed by atoms with Crippen molar-refractivity contribution in [1.82, 2.24) is 9.13 Å². The minimum Gasteiger partial charge on any atom is -0.455 e. The van der Waals surface area contributed by atoms with Crippen LogP contribution < -0.4 is 4.90 Å². The molecule has 0 bridgehead atoms. The Hall–Kier alpha value is -7.04. The monoisotopic (exact) mass is 665 g/mol. The lowest BCUT2D eigenvalue weighted by Gasteiger charge is -2.27. The van der Waals surface area contributed by atoms with Gasteiger partial charge in [0, 0.05) is 44.3 Å². The number of hydrogen-bond acceptors (Lipinski definition) is 2. The van der Waals surface area contributed by atoms with Crippen molar-refractivity contribution in [3.63, 3.8) is 0 Å². The fraction of sp³-hybridized carbons (Fsp3) is 0. The number of para-hydroxylation sites is 6. The van der Waals surface area contributed by atoms with Crippen molar-refractivity contribution in [3.8, 4) is 11.4 Å². The topological polar surface area (TPSA) is 26.2 Å². The van der Waals surface area contributed by atoms with E-state index in [2.05, 4.69) is 202 Å². The second-order valence-electron chi connectivity index (χ2n) is 13.3. The number of hydrogen-bond donors (Lipinski definition) is 0. The predicted octanol–water partition coefficient (Wildman–Crippen LogP) is 13.2. The van der Waals surface area contributed by atoms with Crippen LogP contribution in [0.3, 0.4) is 0 Å². The molecule has 8 aromatic carbocycles. The number of nitrogens with zero attached hydrogens (tertiary/aromatic N) is 3. The summed E-state index contributed by atoms with van der Waals surface area (Å²) in [4.78, 5) is 2.39. The Morgan fingerprint density at radius 2 is 0.846 bits per heavy atom. The Morgan fingerprint density at radius 1 is 0.365 bits per heavy atom. The van der Waals surface area contributed by atoms with Gasteiger partial charge in [-0.3, -0.25) is 0 Å². The van der Waals surface area contributed by atoms with E-state index < -0.39 is 0 Å². The van der Waals surface area contributed by atoms with Gasteiger partial charge in [0.15, 0.2) is 0 Å². The van der Waals surface area contributed by atoms with Gasteiger partial charge < -0.3 is 18.5 Å². The van der Waals surface area contributed by atoms with Gasteiger partial charge in [-0.05, 0) is 78.9 Å². The molecule has 0 aliphatic carbocycles. The van der Waals surface area contributed by atoms with Crippen molar-refractivity contribution in [1.29, 1.82) is 0 Å². The van der Waals surface area contributed by atoms with Gasteiger partial charge >= 0.3 is 0 Å². The third-order valence-corrected chi connectivity index (χ3v) is 10.5. The van der Waals surface area contributed by atoms with Crippen molar-refractivity contribution in [3.05, 3.63) is 188 Å². The summed E-state index contributed by atoms with van der Waals surface area (Å²) >= 11 is 0. The summed E-state index contributed by atoms with van der Waals surface area (Å²) in [6.45, 7) is 0. The minimum atomic E-state index is 0.893. The van der Waals surface area contributed by atoms with Gasteiger partial charge in [-0.15, -0.1) is 0 Å². The Morgan fingerprint density at radius 3 is 1.46 bits per heavy atom. The molecule has 0 spiro atoms. The number of aromatic nitrogens is 2. The van der Waals surface area contributed by atoms with Crippen LogP contribution in [0.5, 0.6) is 0 Å². The molecule has 0 N–H and O–H groups in total. The lowest BCUT2D eigenvalue weighted by molar-refractivity contribution is 0.677. The third-order valence-electron chi connectivity index (χ3n) is 10.5. The Labute approximate surface area is 299 Å². The Kier molecular flexibility index (Phi) is 6.22. The number of benzene rings is 8. The molecule has 0 aliphatic rings. The van der Waals surface area contributed by atoms with Gasteiger partial charge in [0.05, 0.1) is 38.5 Å². The van der Waals surface area contributed by atoms with Crippen molar-refractivity contribution in [2.24, 2.45) is 0 Å².